The third-order valence-electron chi connectivity index (χ3n) is 5.50. The van der Waals surface area contributed by atoms with E-state index in [1.165, 1.54) is 4.90 Å². The Hall–Kier alpha value is -3.81. The van der Waals surface area contributed by atoms with Crippen LogP contribution in [0.1, 0.15) is 12.5 Å². The molecule has 1 aromatic heterocycles. The maximum atomic E-state index is 13.0. The SMILES string of the molecule is CCN(CC(=O)Nc1cc(-c2ccccc2)nn1-c1ccc(Cl)c(Cl)c1)C(=O)Nc1ccc(C)cc1. The highest BCUT2D eigenvalue weighted by Crippen LogP contribution is 2.29. The highest BCUT2D eigenvalue weighted by molar-refractivity contribution is 6.42. The smallest absolute Gasteiger partial charge is 0.315 e. The Balaban J connectivity index is 1.55. The van der Waals surface area contributed by atoms with Gasteiger partial charge in [0.25, 0.3) is 0 Å². The number of hydrogen-bond acceptors (Lipinski definition) is 3. The summed E-state index contributed by atoms with van der Waals surface area (Å²) in [5.74, 6) is 0.0731. The van der Waals surface area contributed by atoms with E-state index in [9.17, 15) is 9.59 Å². The fourth-order valence-electron chi connectivity index (χ4n) is 3.56. The molecule has 4 aromatic rings. The molecule has 0 unspecified atom stereocenters. The van der Waals surface area contributed by atoms with Crippen LogP contribution in [-0.2, 0) is 4.79 Å². The van der Waals surface area contributed by atoms with E-state index in [4.69, 9.17) is 23.2 Å². The quantitative estimate of drug-likeness (QED) is 0.285. The largest absolute Gasteiger partial charge is 0.322 e. The lowest BCUT2D eigenvalue weighted by Crippen LogP contribution is -2.40. The van der Waals surface area contributed by atoms with Gasteiger partial charge in [-0.15, -0.1) is 0 Å². The van der Waals surface area contributed by atoms with Gasteiger partial charge in [0.2, 0.25) is 5.91 Å². The average molecular weight is 522 g/mol. The van der Waals surface area contributed by atoms with Gasteiger partial charge >= 0.3 is 6.03 Å². The monoisotopic (exact) mass is 521 g/mol. The summed E-state index contributed by atoms with van der Waals surface area (Å²) in [6.45, 7) is 4.00. The van der Waals surface area contributed by atoms with Crippen LogP contribution in [0, 0.1) is 6.92 Å². The molecule has 0 atom stereocenters. The Morgan fingerprint density at radius 1 is 0.917 bits per heavy atom. The third-order valence-corrected chi connectivity index (χ3v) is 6.24. The van der Waals surface area contributed by atoms with Crippen molar-refractivity contribution in [2.45, 2.75) is 13.8 Å². The summed E-state index contributed by atoms with van der Waals surface area (Å²) in [5, 5.41) is 11.2. The summed E-state index contributed by atoms with van der Waals surface area (Å²) in [5.41, 5.74) is 3.94. The summed E-state index contributed by atoms with van der Waals surface area (Å²) >= 11 is 12.3. The molecule has 0 aliphatic rings. The molecule has 184 valence electrons. The van der Waals surface area contributed by atoms with Gasteiger partial charge < -0.3 is 15.5 Å². The first kappa shape index (κ1) is 25.3. The second-order valence-corrected chi connectivity index (χ2v) is 8.96. The number of carbonyl (C=O) groups is 2. The fraction of sp³-hybridized carbons (Fsp3) is 0.148. The number of carbonyl (C=O) groups excluding carboxylic acids is 2. The van der Waals surface area contributed by atoms with E-state index in [1.807, 2.05) is 68.4 Å². The summed E-state index contributed by atoms with van der Waals surface area (Å²) in [6, 6.07) is 23.6. The molecule has 0 spiro atoms. The Morgan fingerprint density at radius 2 is 1.64 bits per heavy atom. The van der Waals surface area contributed by atoms with Crippen molar-refractivity contribution in [2.24, 2.45) is 0 Å². The molecule has 0 radical (unpaired) electrons. The minimum absolute atomic E-state index is 0.137. The highest BCUT2D eigenvalue weighted by atomic mass is 35.5. The molecule has 36 heavy (non-hydrogen) atoms. The first-order chi connectivity index (χ1) is 17.3. The number of nitrogens with one attached hydrogen (secondary N) is 2. The van der Waals surface area contributed by atoms with E-state index in [-0.39, 0.29) is 18.5 Å². The zero-order valence-corrected chi connectivity index (χ0v) is 21.3. The normalized spacial score (nSPS) is 10.7. The van der Waals surface area contributed by atoms with Gasteiger partial charge in [-0.3, -0.25) is 4.79 Å². The first-order valence-corrected chi connectivity index (χ1v) is 12.1. The minimum atomic E-state index is -0.364. The lowest BCUT2D eigenvalue weighted by atomic mass is 10.1. The molecule has 0 saturated heterocycles. The van der Waals surface area contributed by atoms with Gasteiger partial charge in [0.1, 0.15) is 12.4 Å². The number of halogens is 2. The predicted molar refractivity (Wildman–Crippen MR) is 145 cm³/mol. The molecule has 0 fully saturated rings. The maximum Gasteiger partial charge on any atom is 0.322 e. The number of benzene rings is 3. The van der Waals surface area contributed by atoms with Crippen LogP contribution in [0.5, 0.6) is 0 Å². The van der Waals surface area contributed by atoms with E-state index >= 15 is 0 Å². The van der Waals surface area contributed by atoms with E-state index in [1.54, 1.807) is 28.9 Å². The van der Waals surface area contributed by atoms with Crippen LogP contribution in [0.3, 0.4) is 0 Å². The van der Waals surface area contributed by atoms with Crippen molar-refractivity contribution in [3.63, 3.8) is 0 Å². The lowest BCUT2D eigenvalue weighted by Gasteiger charge is -2.21. The molecule has 0 bridgehead atoms. The molecule has 9 heteroatoms. The summed E-state index contributed by atoms with van der Waals surface area (Å²) < 4.78 is 1.59. The number of nitrogens with zero attached hydrogens (tertiary/aromatic N) is 3. The number of likely N-dealkylation sites (N-methyl/N-ethyl adjacent to an activating group) is 1. The first-order valence-electron chi connectivity index (χ1n) is 11.4. The van der Waals surface area contributed by atoms with Gasteiger partial charge in [-0.25, -0.2) is 9.48 Å². The van der Waals surface area contributed by atoms with Crippen LogP contribution in [-0.4, -0.2) is 39.7 Å². The topological polar surface area (TPSA) is 79.3 Å². The van der Waals surface area contributed by atoms with E-state index < -0.39 is 0 Å². The molecule has 3 aromatic carbocycles. The molecule has 0 saturated carbocycles. The predicted octanol–water partition coefficient (Wildman–Crippen LogP) is 6.65. The van der Waals surface area contributed by atoms with Gasteiger partial charge in [0.05, 0.1) is 21.4 Å². The van der Waals surface area contributed by atoms with Crippen LogP contribution in [0.25, 0.3) is 16.9 Å². The van der Waals surface area contributed by atoms with Crippen molar-refractivity contribution in [3.8, 4) is 16.9 Å². The standard InChI is InChI=1S/C27H25Cl2N5O2/c1-3-33(27(36)30-20-11-9-18(2)10-12-20)17-26(35)31-25-16-24(19-7-5-4-6-8-19)32-34(25)21-13-14-22(28)23(29)15-21/h4-16H,3,17H2,1-2H3,(H,30,36)(H,31,35). The number of aryl methyl sites for hydroxylation is 1. The van der Waals surface area contributed by atoms with Crippen molar-refractivity contribution in [1.82, 2.24) is 14.7 Å². The van der Waals surface area contributed by atoms with Crippen molar-refractivity contribution in [3.05, 3.63) is 94.5 Å². The zero-order valence-electron chi connectivity index (χ0n) is 19.8. The van der Waals surface area contributed by atoms with Gasteiger partial charge in [-0.1, -0.05) is 71.2 Å². The van der Waals surface area contributed by atoms with Crippen molar-refractivity contribution in [1.29, 1.82) is 0 Å². The summed E-state index contributed by atoms with van der Waals surface area (Å²) in [6.07, 6.45) is 0. The number of hydrogen-bond donors (Lipinski definition) is 2. The molecule has 4 rings (SSSR count). The number of aromatic nitrogens is 2. The molecular weight excluding hydrogens is 497 g/mol. The van der Waals surface area contributed by atoms with E-state index in [0.717, 1.165) is 11.1 Å². The van der Waals surface area contributed by atoms with Crippen molar-refractivity contribution >= 4 is 46.6 Å². The number of anilines is 2. The van der Waals surface area contributed by atoms with Gasteiger partial charge in [0, 0.05) is 23.9 Å². The second kappa shape index (κ2) is 11.3. The number of amides is 3. The average Bonchev–Trinajstić information content (AvgIpc) is 3.29. The molecule has 3 amide bonds. The van der Waals surface area contributed by atoms with Crippen LogP contribution in [0.4, 0.5) is 16.3 Å². The third kappa shape index (κ3) is 6.05. The van der Waals surface area contributed by atoms with E-state index in [2.05, 4.69) is 15.7 Å². The molecule has 0 aliphatic heterocycles. The van der Waals surface area contributed by atoms with Crippen LogP contribution >= 0.6 is 23.2 Å². The summed E-state index contributed by atoms with van der Waals surface area (Å²) in [4.78, 5) is 27.2. The molecule has 0 aliphatic carbocycles. The fourth-order valence-corrected chi connectivity index (χ4v) is 3.85. The Morgan fingerprint density at radius 3 is 2.31 bits per heavy atom. The number of urea groups is 1. The Labute approximate surface area is 219 Å². The summed E-state index contributed by atoms with van der Waals surface area (Å²) in [7, 11) is 0. The van der Waals surface area contributed by atoms with Crippen LogP contribution in [0.2, 0.25) is 10.0 Å². The second-order valence-electron chi connectivity index (χ2n) is 8.15. The van der Waals surface area contributed by atoms with Crippen molar-refractivity contribution < 1.29 is 9.59 Å². The van der Waals surface area contributed by atoms with Crippen LogP contribution in [0.15, 0.2) is 78.9 Å². The van der Waals surface area contributed by atoms with Gasteiger partial charge in [-0.2, -0.15) is 5.10 Å². The molecular formula is C27H25Cl2N5O2. The van der Waals surface area contributed by atoms with Crippen LogP contribution < -0.4 is 10.6 Å². The lowest BCUT2D eigenvalue weighted by molar-refractivity contribution is -0.116. The highest BCUT2D eigenvalue weighted by Gasteiger charge is 2.19. The van der Waals surface area contributed by atoms with Gasteiger partial charge in [0.15, 0.2) is 0 Å². The molecule has 2 N–H and O–H groups in total. The minimum Gasteiger partial charge on any atom is -0.315 e. The maximum absolute atomic E-state index is 13.0. The Bertz CT molecular complexity index is 1370. The van der Waals surface area contributed by atoms with Gasteiger partial charge in [-0.05, 0) is 44.2 Å². The number of rotatable bonds is 7. The zero-order chi connectivity index (χ0) is 25.7. The van der Waals surface area contributed by atoms with E-state index in [0.29, 0.717) is 39.5 Å². The Kier molecular flexibility index (Phi) is 7.93. The van der Waals surface area contributed by atoms with Crippen molar-refractivity contribution in [2.75, 3.05) is 23.7 Å². The molecule has 7 nitrogen and oxygen atoms in total. The molecule has 1 heterocycles.